The summed E-state index contributed by atoms with van der Waals surface area (Å²) in [4.78, 5) is 16.9. The van der Waals surface area contributed by atoms with Crippen LogP contribution in [0.4, 0.5) is 5.69 Å². The number of hydrogen-bond acceptors (Lipinski definition) is 8. The van der Waals surface area contributed by atoms with Gasteiger partial charge < -0.3 is 34.4 Å². The van der Waals surface area contributed by atoms with Crippen LogP contribution in [-0.4, -0.2) is 55.5 Å². The van der Waals surface area contributed by atoms with Gasteiger partial charge in [0.25, 0.3) is 0 Å². The average Bonchev–Trinajstić information content (AvgIpc) is 3.47. The quantitative estimate of drug-likeness (QED) is 0.287. The number of benzene rings is 3. The first kappa shape index (κ1) is 29.0. The molecule has 1 heterocycles. The van der Waals surface area contributed by atoms with Crippen LogP contribution >= 0.6 is 0 Å². The average molecular weight is 546 g/mol. The zero-order chi connectivity index (χ0) is 28.5. The van der Waals surface area contributed by atoms with Crippen LogP contribution in [0, 0.1) is 0 Å². The Morgan fingerprint density at radius 2 is 1.77 bits per heavy atom. The Bertz CT molecular complexity index is 1280. The summed E-state index contributed by atoms with van der Waals surface area (Å²) < 4.78 is 16.1. The van der Waals surface area contributed by atoms with Gasteiger partial charge in [0.2, 0.25) is 0 Å². The largest absolute Gasteiger partial charge is 0.497 e. The van der Waals surface area contributed by atoms with E-state index in [2.05, 4.69) is 41.4 Å². The molecule has 8 heteroatoms. The van der Waals surface area contributed by atoms with E-state index < -0.39 is 12.1 Å². The van der Waals surface area contributed by atoms with E-state index in [4.69, 9.17) is 14.2 Å². The Labute approximate surface area is 236 Å². The fraction of sp³-hybridized carbons (Fsp3) is 0.344. The molecule has 40 heavy (non-hydrogen) atoms. The predicted molar refractivity (Wildman–Crippen MR) is 156 cm³/mol. The fourth-order valence-electron chi connectivity index (χ4n) is 4.44. The highest BCUT2D eigenvalue weighted by Crippen LogP contribution is 2.26. The molecule has 4 rings (SSSR count). The lowest BCUT2D eigenvalue weighted by Crippen LogP contribution is -2.44. The van der Waals surface area contributed by atoms with Gasteiger partial charge in [-0.25, -0.2) is 4.79 Å². The number of β-amino-alcohol motifs (C(OH)–C–C–N with tert-alkyl or cyclic N) is 1. The SMILES string of the molecule is COC(=O)c1cc(C(O)CNC(C)(C)CCN2C=CN(c3ccc(OC)cc3)C2)ccc1OCc1ccccc1. The minimum atomic E-state index is -0.803. The lowest BCUT2D eigenvalue weighted by atomic mass is 9.98. The summed E-state index contributed by atoms with van der Waals surface area (Å²) in [6.45, 7) is 6.56. The molecule has 1 aliphatic rings. The molecule has 1 unspecified atom stereocenters. The molecule has 8 nitrogen and oxygen atoms in total. The van der Waals surface area contributed by atoms with Gasteiger partial charge in [-0.1, -0.05) is 36.4 Å². The van der Waals surface area contributed by atoms with Crippen molar-refractivity contribution in [3.63, 3.8) is 0 Å². The summed E-state index contributed by atoms with van der Waals surface area (Å²) in [6.07, 6.45) is 4.26. The number of carbonyl (C=O) groups excluding carboxylic acids is 1. The van der Waals surface area contributed by atoms with E-state index in [1.54, 1.807) is 25.3 Å². The van der Waals surface area contributed by atoms with Crippen LogP contribution in [0.25, 0.3) is 0 Å². The minimum absolute atomic E-state index is 0.216. The first-order valence-corrected chi connectivity index (χ1v) is 13.4. The summed E-state index contributed by atoms with van der Waals surface area (Å²) in [6, 6.07) is 22.9. The van der Waals surface area contributed by atoms with Gasteiger partial charge in [0.1, 0.15) is 23.7 Å². The number of aliphatic hydroxyl groups is 1. The Morgan fingerprint density at radius 3 is 2.48 bits per heavy atom. The van der Waals surface area contributed by atoms with Crippen LogP contribution in [0.5, 0.6) is 11.5 Å². The molecule has 3 aromatic carbocycles. The van der Waals surface area contributed by atoms with Crippen molar-refractivity contribution in [2.24, 2.45) is 0 Å². The second kappa shape index (κ2) is 13.4. The van der Waals surface area contributed by atoms with Crippen LogP contribution in [-0.2, 0) is 11.3 Å². The minimum Gasteiger partial charge on any atom is -0.497 e. The molecule has 2 N–H and O–H groups in total. The summed E-state index contributed by atoms with van der Waals surface area (Å²) in [5.41, 5.74) is 2.80. The van der Waals surface area contributed by atoms with E-state index in [9.17, 15) is 9.90 Å². The first-order chi connectivity index (χ1) is 19.3. The molecule has 3 aromatic rings. The molecule has 212 valence electrons. The number of esters is 1. The van der Waals surface area contributed by atoms with Gasteiger partial charge >= 0.3 is 5.97 Å². The Balaban J connectivity index is 1.29. The van der Waals surface area contributed by atoms with E-state index in [-0.39, 0.29) is 11.1 Å². The third-order valence-electron chi connectivity index (χ3n) is 7.02. The van der Waals surface area contributed by atoms with Crippen molar-refractivity contribution in [1.29, 1.82) is 0 Å². The van der Waals surface area contributed by atoms with Crippen LogP contribution in [0.3, 0.4) is 0 Å². The second-order valence-electron chi connectivity index (χ2n) is 10.5. The van der Waals surface area contributed by atoms with Gasteiger partial charge in [-0.15, -0.1) is 0 Å². The fourth-order valence-corrected chi connectivity index (χ4v) is 4.44. The van der Waals surface area contributed by atoms with Crippen molar-refractivity contribution < 1.29 is 24.1 Å². The van der Waals surface area contributed by atoms with Gasteiger partial charge in [-0.2, -0.15) is 0 Å². The third kappa shape index (κ3) is 7.77. The van der Waals surface area contributed by atoms with E-state index in [1.165, 1.54) is 7.11 Å². The van der Waals surface area contributed by atoms with Crippen LogP contribution in [0.1, 0.15) is 47.9 Å². The first-order valence-electron chi connectivity index (χ1n) is 13.4. The van der Waals surface area contributed by atoms with Crippen LogP contribution in [0.2, 0.25) is 0 Å². The second-order valence-corrected chi connectivity index (χ2v) is 10.5. The Kier molecular flexibility index (Phi) is 9.69. The van der Waals surface area contributed by atoms with Gasteiger partial charge in [0.15, 0.2) is 0 Å². The molecule has 0 aliphatic carbocycles. The number of nitrogens with one attached hydrogen (secondary N) is 1. The van der Waals surface area contributed by atoms with Gasteiger partial charge in [-0.05, 0) is 67.8 Å². The standard InChI is InChI=1S/C32H39N3O5/c1-32(2,16-17-34-18-19-35(23-34)26-11-13-27(38-3)14-12-26)33-21-29(36)25-10-15-30(28(20-25)31(37)39-4)40-22-24-8-6-5-7-9-24/h5-15,18-20,29,33,36H,16-17,21-23H2,1-4H3. The highest BCUT2D eigenvalue weighted by atomic mass is 16.5. The number of carbonyl (C=O) groups is 1. The number of nitrogens with zero attached hydrogens (tertiary/aromatic N) is 2. The summed E-state index contributed by atoms with van der Waals surface area (Å²) in [7, 11) is 3.00. The van der Waals surface area contributed by atoms with Gasteiger partial charge in [-0.3, -0.25) is 0 Å². The number of ether oxygens (including phenoxy) is 3. The Morgan fingerprint density at radius 1 is 1.02 bits per heavy atom. The highest BCUT2D eigenvalue weighted by molar-refractivity contribution is 5.92. The highest BCUT2D eigenvalue weighted by Gasteiger charge is 2.23. The lowest BCUT2D eigenvalue weighted by molar-refractivity contribution is 0.0595. The maximum atomic E-state index is 12.5. The van der Waals surface area contributed by atoms with E-state index in [0.29, 0.717) is 24.5 Å². The molecular formula is C32H39N3O5. The summed E-state index contributed by atoms with van der Waals surface area (Å²) >= 11 is 0. The molecule has 0 fully saturated rings. The van der Waals surface area contributed by atoms with Crippen molar-refractivity contribution in [2.75, 3.05) is 38.9 Å². The molecule has 0 aromatic heterocycles. The number of methoxy groups -OCH3 is 2. The van der Waals surface area contributed by atoms with E-state index in [1.807, 2.05) is 54.6 Å². The Hall–Kier alpha value is -4.01. The topological polar surface area (TPSA) is 83.5 Å². The molecule has 1 atom stereocenters. The maximum Gasteiger partial charge on any atom is 0.341 e. The van der Waals surface area contributed by atoms with Crippen molar-refractivity contribution in [1.82, 2.24) is 10.2 Å². The van der Waals surface area contributed by atoms with Gasteiger partial charge in [0.05, 0.1) is 27.0 Å². The molecule has 0 saturated heterocycles. The number of aliphatic hydroxyl groups excluding tert-OH is 1. The monoisotopic (exact) mass is 545 g/mol. The molecule has 0 bridgehead atoms. The van der Waals surface area contributed by atoms with Crippen LogP contribution in [0.15, 0.2) is 85.2 Å². The molecule has 0 amide bonds. The smallest absolute Gasteiger partial charge is 0.341 e. The van der Waals surface area contributed by atoms with Crippen LogP contribution < -0.4 is 19.7 Å². The summed E-state index contributed by atoms with van der Waals surface area (Å²) in [5, 5.41) is 14.4. The summed E-state index contributed by atoms with van der Waals surface area (Å²) in [5.74, 6) is 0.752. The predicted octanol–water partition coefficient (Wildman–Crippen LogP) is 5.10. The van der Waals surface area contributed by atoms with E-state index >= 15 is 0 Å². The van der Waals surface area contributed by atoms with Crippen molar-refractivity contribution >= 4 is 11.7 Å². The molecule has 0 saturated carbocycles. The number of anilines is 1. The van der Waals surface area contributed by atoms with Gasteiger partial charge in [0, 0.05) is 36.7 Å². The van der Waals surface area contributed by atoms with E-state index in [0.717, 1.165) is 36.6 Å². The molecule has 0 spiro atoms. The van der Waals surface area contributed by atoms with Crippen molar-refractivity contribution in [3.05, 3.63) is 102 Å². The number of hydrogen-bond donors (Lipinski definition) is 2. The third-order valence-corrected chi connectivity index (χ3v) is 7.02. The van der Waals surface area contributed by atoms with Crippen molar-refractivity contribution in [2.45, 2.75) is 38.5 Å². The van der Waals surface area contributed by atoms with Crippen molar-refractivity contribution in [3.8, 4) is 11.5 Å². The zero-order valence-corrected chi connectivity index (χ0v) is 23.7. The lowest BCUT2D eigenvalue weighted by Gasteiger charge is -2.30. The molecular weight excluding hydrogens is 506 g/mol. The molecule has 0 radical (unpaired) electrons. The number of rotatable bonds is 13. The zero-order valence-electron chi connectivity index (χ0n) is 23.7. The molecule has 1 aliphatic heterocycles. The maximum absolute atomic E-state index is 12.5. The normalized spacial score (nSPS) is 13.8.